The van der Waals surface area contributed by atoms with Gasteiger partial charge < -0.3 is 11.5 Å². The summed E-state index contributed by atoms with van der Waals surface area (Å²) < 4.78 is 40.6. The molecule has 0 saturated heterocycles. The van der Waals surface area contributed by atoms with Gasteiger partial charge >= 0.3 is 6.18 Å². The Labute approximate surface area is 159 Å². The second-order valence-electron chi connectivity index (χ2n) is 6.45. The van der Waals surface area contributed by atoms with E-state index in [1.165, 1.54) is 18.2 Å². The van der Waals surface area contributed by atoms with Crippen molar-refractivity contribution in [1.29, 1.82) is 0 Å². The lowest BCUT2D eigenvalue weighted by Crippen LogP contribution is -2.44. The molecule has 0 spiro atoms. The van der Waals surface area contributed by atoms with E-state index in [0.717, 1.165) is 0 Å². The van der Waals surface area contributed by atoms with Crippen molar-refractivity contribution in [2.75, 3.05) is 0 Å². The van der Waals surface area contributed by atoms with Crippen molar-refractivity contribution in [3.63, 3.8) is 0 Å². The van der Waals surface area contributed by atoms with Crippen molar-refractivity contribution in [1.82, 2.24) is 9.97 Å². The van der Waals surface area contributed by atoms with Gasteiger partial charge in [0.2, 0.25) is 11.8 Å². The van der Waals surface area contributed by atoms with E-state index in [-0.39, 0.29) is 47.9 Å². The zero-order chi connectivity index (χ0) is 19.1. The number of fused-ring (bicyclic) bond motifs is 1. The van der Waals surface area contributed by atoms with Gasteiger partial charge in [-0.3, -0.25) is 9.59 Å². The van der Waals surface area contributed by atoms with Crippen molar-refractivity contribution in [3.8, 4) is 0 Å². The van der Waals surface area contributed by atoms with E-state index in [9.17, 15) is 22.8 Å². The summed E-state index contributed by atoms with van der Waals surface area (Å²) in [5.74, 6) is -2.07. The number of hydrogen-bond acceptors (Lipinski definition) is 4. The first kappa shape index (κ1) is 20.9. The summed E-state index contributed by atoms with van der Waals surface area (Å²) in [6, 6.07) is 0. The van der Waals surface area contributed by atoms with Crippen molar-refractivity contribution in [3.05, 3.63) is 46.6 Å². The normalized spacial score (nSPS) is 21.7. The zero-order valence-corrected chi connectivity index (χ0v) is 15.0. The number of aryl methyl sites for hydroxylation is 1. The van der Waals surface area contributed by atoms with Crippen LogP contribution >= 0.6 is 12.4 Å². The minimum absolute atomic E-state index is 0. The second-order valence-corrected chi connectivity index (χ2v) is 6.45. The van der Waals surface area contributed by atoms with Crippen molar-refractivity contribution >= 4 is 24.2 Å². The van der Waals surface area contributed by atoms with Gasteiger partial charge in [-0.05, 0) is 25.7 Å². The number of carbonyl (C=O) groups excluding carboxylic acids is 2. The molecule has 1 aromatic rings. The Morgan fingerprint density at radius 1 is 1.11 bits per heavy atom. The highest BCUT2D eigenvalue weighted by Crippen LogP contribution is 2.39. The number of nitrogens with two attached hydrogens (primary N) is 2. The van der Waals surface area contributed by atoms with E-state index in [1.54, 1.807) is 0 Å². The number of halogens is 4. The van der Waals surface area contributed by atoms with Crippen LogP contribution in [0.2, 0.25) is 0 Å². The standard InChI is InChI=1S/C17H17F3N4O2.ClH/c18-17(19,20)12-10-5-1-2-6-11(10)23-15(24-12)16(14(22)26)7-3-4-9(8-16)13(21)25;/h3-4,7H,1-2,5-6,8H2,(H2,21,25)(H2,22,26);1H. The molecular weight excluding hydrogens is 385 g/mol. The van der Waals surface area contributed by atoms with E-state index < -0.39 is 29.1 Å². The molecule has 0 aliphatic heterocycles. The molecule has 2 amide bonds. The maximum absolute atomic E-state index is 13.5. The monoisotopic (exact) mass is 402 g/mol. The fraction of sp³-hybridized carbons (Fsp3) is 0.412. The molecule has 3 rings (SSSR count). The first-order valence-corrected chi connectivity index (χ1v) is 8.11. The van der Waals surface area contributed by atoms with Crippen LogP contribution in [0.25, 0.3) is 0 Å². The van der Waals surface area contributed by atoms with Crippen LogP contribution in [0.15, 0.2) is 23.8 Å². The molecule has 6 nitrogen and oxygen atoms in total. The lowest BCUT2D eigenvalue weighted by atomic mass is 9.76. The van der Waals surface area contributed by atoms with Gasteiger partial charge in [-0.2, -0.15) is 13.2 Å². The van der Waals surface area contributed by atoms with E-state index in [0.29, 0.717) is 19.3 Å². The van der Waals surface area contributed by atoms with Crippen molar-refractivity contribution in [2.45, 2.75) is 43.7 Å². The Bertz CT molecular complexity index is 851. The summed E-state index contributed by atoms with van der Waals surface area (Å²) in [5.41, 5.74) is 8.39. The molecule has 0 fully saturated rings. The number of allylic oxidation sites excluding steroid dienone is 2. The highest BCUT2D eigenvalue weighted by molar-refractivity contribution is 5.97. The topological polar surface area (TPSA) is 112 Å². The highest BCUT2D eigenvalue weighted by atomic mass is 35.5. The summed E-state index contributed by atoms with van der Waals surface area (Å²) in [4.78, 5) is 31.7. The molecule has 0 saturated carbocycles. The van der Waals surface area contributed by atoms with Gasteiger partial charge in [-0.15, -0.1) is 12.4 Å². The fourth-order valence-corrected chi connectivity index (χ4v) is 3.38. The number of hydrogen-bond donors (Lipinski definition) is 2. The minimum atomic E-state index is -4.68. The fourth-order valence-electron chi connectivity index (χ4n) is 3.38. The Morgan fingerprint density at radius 3 is 2.37 bits per heavy atom. The van der Waals surface area contributed by atoms with Gasteiger partial charge in [-0.1, -0.05) is 18.2 Å². The molecule has 1 atom stereocenters. The Balaban J connectivity index is 0.00000261. The van der Waals surface area contributed by atoms with Gasteiger partial charge in [0.05, 0.1) is 0 Å². The lowest BCUT2D eigenvalue weighted by Gasteiger charge is -2.30. The van der Waals surface area contributed by atoms with Crippen LogP contribution in [-0.2, 0) is 34.0 Å². The number of alkyl halides is 3. The summed E-state index contributed by atoms with van der Waals surface area (Å²) in [6.45, 7) is 0. The summed E-state index contributed by atoms with van der Waals surface area (Å²) in [5, 5.41) is 0. The Morgan fingerprint density at radius 2 is 1.78 bits per heavy atom. The third-order valence-electron chi connectivity index (χ3n) is 4.75. The van der Waals surface area contributed by atoms with E-state index in [2.05, 4.69) is 9.97 Å². The molecule has 1 unspecified atom stereocenters. The number of aromatic nitrogens is 2. The van der Waals surface area contributed by atoms with Crippen molar-refractivity contribution in [2.24, 2.45) is 11.5 Å². The summed E-state index contributed by atoms with van der Waals surface area (Å²) in [6.07, 6.45) is 1.05. The number of amides is 2. The van der Waals surface area contributed by atoms with Gasteiger partial charge in [0.25, 0.3) is 0 Å². The van der Waals surface area contributed by atoms with E-state index in [1.807, 2.05) is 0 Å². The lowest BCUT2D eigenvalue weighted by molar-refractivity contribution is -0.142. The van der Waals surface area contributed by atoms with Crippen LogP contribution in [0.1, 0.15) is 42.0 Å². The van der Waals surface area contributed by atoms with Gasteiger partial charge in [0.1, 0.15) is 11.2 Å². The largest absolute Gasteiger partial charge is 0.433 e. The molecule has 0 aromatic carbocycles. The molecule has 10 heteroatoms. The Kier molecular flexibility index (Phi) is 5.65. The Hall–Kier alpha value is -2.42. The average molecular weight is 403 g/mol. The van der Waals surface area contributed by atoms with Crippen LogP contribution in [0.5, 0.6) is 0 Å². The molecule has 27 heavy (non-hydrogen) atoms. The zero-order valence-electron chi connectivity index (χ0n) is 14.2. The molecule has 0 radical (unpaired) electrons. The van der Waals surface area contributed by atoms with Crippen LogP contribution in [0, 0.1) is 0 Å². The second kappa shape index (κ2) is 7.30. The predicted molar refractivity (Wildman–Crippen MR) is 92.8 cm³/mol. The minimum Gasteiger partial charge on any atom is -0.369 e. The predicted octanol–water partition coefficient (Wildman–Crippen LogP) is 1.89. The van der Waals surface area contributed by atoms with E-state index >= 15 is 0 Å². The van der Waals surface area contributed by atoms with Gasteiger partial charge in [0.15, 0.2) is 5.69 Å². The van der Waals surface area contributed by atoms with Crippen LogP contribution in [-0.4, -0.2) is 21.8 Å². The maximum Gasteiger partial charge on any atom is 0.433 e. The molecule has 4 N–H and O–H groups in total. The van der Waals surface area contributed by atoms with E-state index in [4.69, 9.17) is 11.5 Å². The smallest absolute Gasteiger partial charge is 0.369 e. The average Bonchev–Trinajstić information content (AvgIpc) is 2.59. The van der Waals surface area contributed by atoms with Gasteiger partial charge in [0, 0.05) is 23.3 Å². The summed E-state index contributed by atoms with van der Waals surface area (Å²) >= 11 is 0. The maximum atomic E-state index is 13.5. The SMILES string of the molecule is Cl.NC(=O)C1=CC=CC(C(N)=O)(c2nc3c(c(C(F)(F)F)n2)CCCC3)C1. The quantitative estimate of drug-likeness (QED) is 0.803. The highest BCUT2D eigenvalue weighted by Gasteiger charge is 2.45. The molecule has 0 bridgehead atoms. The number of nitrogens with zero attached hydrogens (tertiary/aromatic N) is 2. The van der Waals surface area contributed by atoms with Crippen LogP contribution in [0.3, 0.4) is 0 Å². The van der Waals surface area contributed by atoms with Crippen LogP contribution in [0.4, 0.5) is 13.2 Å². The molecule has 2 aliphatic carbocycles. The van der Waals surface area contributed by atoms with Crippen LogP contribution < -0.4 is 11.5 Å². The number of carbonyl (C=O) groups is 2. The van der Waals surface area contributed by atoms with Crippen molar-refractivity contribution < 1.29 is 22.8 Å². The molecule has 146 valence electrons. The number of primary amides is 2. The molecule has 1 heterocycles. The first-order valence-electron chi connectivity index (χ1n) is 8.11. The molecule has 1 aromatic heterocycles. The first-order chi connectivity index (χ1) is 12.1. The molecule has 2 aliphatic rings. The van der Waals surface area contributed by atoms with Gasteiger partial charge in [-0.25, -0.2) is 9.97 Å². The third kappa shape index (κ3) is 3.69. The third-order valence-corrected chi connectivity index (χ3v) is 4.75. The summed E-state index contributed by atoms with van der Waals surface area (Å²) in [7, 11) is 0. The molecular formula is C17H18ClF3N4O2. The number of rotatable bonds is 3.